The van der Waals surface area contributed by atoms with E-state index in [1.54, 1.807) is 18.2 Å². The van der Waals surface area contributed by atoms with Crippen molar-refractivity contribution in [2.45, 2.75) is 23.3 Å². The number of hydrogen-bond acceptors (Lipinski definition) is 6. The molecule has 0 bridgehead atoms. The van der Waals surface area contributed by atoms with Crippen molar-refractivity contribution in [3.8, 4) is 11.5 Å². The van der Waals surface area contributed by atoms with Crippen molar-refractivity contribution in [2.75, 3.05) is 0 Å². The molecular formula is C28H13Cl2F9O6SW2. The number of furan rings is 2. The Hall–Kier alpha value is -2.64. The monoisotopic (exact) mass is 1090 g/mol. The third kappa shape index (κ3) is 6.39. The van der Waals surface area contributed by atoms with Gasteiger partial charge in [0.2, 0.25) is 0 Å². The van der Waals surface area contributed by atoms with Gasteiger partial charge in [-0.3, -0.25) is 0 Å². The van der Waals surface area contributed by atoms with Crippen molar-refractivity contribution >= 4 is 77.2 Å². The van der Waals surface area contributed by atoms with Crippen LogP contribution in [-0.4, -0.2) is 36.8 Å². The number of phenols is 1. The minimum absolute atomic E-state index is 0. The number of aromatic hydroxyl groups is 1. The first-order valence-electron chi connectivity index (χ1n) is 12.3. The molecule has 1 N–H and O–H groups in total. The predicted octanol–water partition coefficient (Wildman–Crippen LogP) is 10.3. The summed E-state index contributed by atoms with van der Waals surface area (Å²) in [6, 6.07) is 17.4. The number of hydrogen-bond donors (Lipinski definition) is 1. The average molecular weight is 1090 g/mol. The molecule has 0 aliphatic carbocycles. The number of fused-ring (bicyclic) bond motifs is 6. The van der Waals surface area contributed by atoms with Gasteiger partial charge in [0.15, 0.2) is 5.75 Å². The normalized spacial score (nSPS) is 12.8. The number of rotatable bonds is 5. The summed E-state index contributed by atoms with van der Waals surface area (Å²) in [5.41, 5.74) is 1.10. The molecule has 0 unspecified atom stereocenters. The maximum atomic E-state index is 13.9. The fourth-order valence-electron chi connectivity index (χ4n) is 4.36. The van der Waals surface area contributed by atoms with Crippen LogP contribution in [0.25, 0.3) is 43.9 Å². The van der Waals surface area contributed by atoms with Crippen molar-refractivity contribution < 1.29 is 108 Å². The van der Waals surface area contributed by atoms with E-state index in [-0.39, 0.29) is 69.5 Å². The molecule has 2 heterocycles. The Morgan fingerprint density at radius 1 is 0.583 bits per heavy atom. The van der Waals surface area contributed by atoms with Crippen LogP contribution in [0, 0.1) is 0 Å². The molecule has 0 aliphatic heterocycles. The summed E-state index contributed by atoms with van der Waals surface area (Å²) in [5.74, 6) is -15.7. The topological polar surface area (TPSA) is 89.9 Å². The second kappa shape index (κ2) is 13.6. The van der Waals surface area contributed by atoms with Gasteiger partial charge in [-0.15, -0.1) is 0 Å². The van der Waals surface area contributed by atoms with Gasteiger partial charge in [-0.05, 0) is 48.5 Å². The predicted molar refractivity (Wildman–Crippen MR) is 150 cm³/mol. The molecule has 0 radical (unpaired) electrons. The van der Waals surface area contributed by atoms with Gasteiger partial charge >= 0.3 is 33.4 Å². The first-order valence-corrected chi connectivity index (χ1v) is 14.4. The SMILES string of the molecule is O=S(=O)(Oc1cccc2oc3cccc(Cl)c3c12)C(F)(F)C(F)(F)C(F)(F)C(F)(F)F.Oc1cccc2oc3cccc(Cl)c3c12.[W].[W]. The van der Waals surface area contributed by atoms with Gasteiger partial charge in [-0.25, -0.2) is 0 Å². The molecule has 6 aromatic rings. The first kappa shape index (κ1) is 39.8. The summed E-state index contributed by atoms with van der Waals surface area (Å²) in [6.45, 7) is 0. The van der Waals surface area contributed by atoms with E-state index >= 15 is 0 Å². The molecule has 256 valence electrons. The molecule has 0 amide bonds. The van der Waals surface area contributed by atoms with Gasteiger partial charge in [0.25, 0.3) is 0 Å². The van der Waals surface area contributed by atoms with E-state index in [1.807, 2.05) is 18.2 Å². The third-order valence-electron chi connectivity index (χ3n) is 6.51. The Balaban J connectivity index is 0.000000307. The number of alkyl halides is 9. The van der Waals surface area contributed by atoms with Crippen LogP contribution < -0.4 is 4.18 Å². The minimum atomic E-state index is -7.42. The number of phenolic OH excluding ortho intramolecular Hbond substituents is 1. The van der Waals surface area contributed by atoms with Crippen LogP contribution in [0.3, 0.4) is 0 Å². The minimum Gasteiger partial charge on any atom is -0.507 e. The summed E-state index contributed by atoms with van der Waals surface area (Å²) >= 11 is 12.0. The molecule has 0 saturated heterocycles. The van der Waals surface area contributed by atoms with Gasteiger partial charge < -0.3 is 18.1 Å². The fraction of sp³-hybridized carbons (Fsp3) is 0.143. The van der Waals surface area contributed by atoms with Crippen molar-refractivity contribution in [3.05, 3.63) is 82.8 Å². The van der Waals surface area contributed by atoms with Crippen molar-refractivity contribution in [1.82, 2.24) is 0 Å². The fourth-order valence-corrected chi connectivity index (χ4v) is 5.80. The molecule has 6 rings (SSSR count). The maximum Gasteiger partial charge on any atom is 0.460 e. The van der Waals surface area contributed by atoms with E-state index in [2.05, 4.69) is 4.18 Å². The standard InChI is InChI=1S/C16H6ClF9O4S.C12H7ClO2.2W/c17-7-3-1-4-8-11(7)12-9(29-8)5-2-6-10(12)30-31(27,28)16(25,26)14(20,21)13(18,19)15(22,23)24;13-7-3-1-5-9-11(7)12-8(14)4-2-6-10(12)15-9;;/h1-6H;1-6,14H;;. The Kier molecular flexibility index (Phi) is 11.3. The van der Waals surface area contributed by atoms with E-state index in [1.165, 1.54) is 24.3 Å². The van der Waals surface area contributed by atoms with E-state index in [0.29, 0.717) is 27.6 Å². The van der Waals surface area contributed by atoms with Gasteiger partial charge in [-0.2, -0.15) is 47.9 Å². The molecule has 0 aliphatic rings. The Bertz CT molecular complexity index is 2180. The molecule has 0 spiro atoms. The van der Waals surface area contributed by atoms with E-state index in [0.717, 1.165) is 11.5 Å². The maximum absolute atomic E-state index is 13.9. The number of benzene rings is 4. The third-order valence-corrected chi connectivity index (χ3v) is 8.43. The van der Waals surface area contributed by atoms with Crippen LogP contribution in [0.5, 0.6) is 11.5 Å². The molecule has 0 fully saturated rings. The van der Waals surface area contributed by atoms with Crippen molar-refractivity contribution in [3.63, 3.8) is 0 Å². The second-order valence-corrected chi connectivity index (χ2v) is 11.8. The molecule has 2 aromatic heterocycles. The first-order chi connectivity index (χ1) is 21.2. The van der Waals surface area contributed by atoms with E-state index in [9.17, 15) is 53.0 Å². The average Bonchev–Trinajstić information content (AvgIpc) is 3.53. The molecule has 0 saturated carbocycles. The van der Waals surface area contributed by atoms with Crippen LogP contribution in [0.2, 0.25) is 10.0 Å². The van der Waals surface area contributed by atoms with Gasteiger partial charge in [0, 0.05) is 42.1 Å². The van der Waals surface area contributed by atoms with Crippen LogP contribution in [0.15, 0.2) is 81.6 Å². The quantitative estimate of drug-likeness (QED) is 0.137. The summed E-state index contributed by atoms with van der Waals surface area (Å²) in [6.07, 6.45) is -7.19. The van der Waals surface area contributed by atoms with Crippen molar-refractivity contribution in [2.24, 2.45) is 0 Å². The largest absolute Gasteiger partial charge is 0.507 e. The molecule has 4 aromatic carbocycles. The van der Waals surface area contributed by atoms with Crippen LogP contribution >= 0.6 is 23.2 Å². The van der Waals surface area contributed by atoms with Crippen LogP contribution in [-0.2, 0) is 52.2 Å². The molecule has 48 heavy (non-hydrogen) atoms. The zero-order valence-electron chi connectivity index (χ0n) is 22.8. The molecule has 6 nitrogen and oxygen atoms in total. The van der Waals surface area contributed by atoms with E-state index in [4.69, 9.17) is 32.0 Å². The Morgan fingerprint density at radius 3 is 1.46 bits per heavy atom. The number of halogens is 11. The van der Waals surface area contributed by atoms with Gasteiger partial charge in [0.05, 0.1) is 31.6 Å². The zero-order valence-corrected chi connectivity index (χ0v) is 31.0. The summed E-state index contributed by atoms with van der Waals surface area (Å²) < 4.78 is 156. The summed E-state index contributed by atoms with van der Waals surface area (Å²) in [7, 11) is -7.11. The van der Waals surface area contributed by atoms with Crippen molar-refractivity contribution in [1.29, 1.82) is 0 Å². The Morgan fingerprint density at radius 2 is 0.979 bits per heavy atom. The second-order valence-electron chi connectivity index (χ2n) is 9.41. The van der Waals surface area contributed by atoms with Crippen LogP contribution in [0.1, 0.15) is 0 Å². The summed E-state index contributed by atoms with van der Waals surface area (Å²) in [5, 5.41) is 4.16. The van der Waals surface area contributed by atoms with Crippen LogP contribution in [0.4, 0.5) is 39.5 Å². The smallest absolute Gasteiger partial charge is 0.460 e. The Labute approximate surface area is 301 Å². The van der Waals surface area contributed by atoms with E-state index < -0.39 is 44.5 Å². The summed E-state index contributed by atoms with van der Waals surface area (Å²) in [4.78, 5) is 0. The zero-order chi connectivity index (χ0) is 34.0. The molecule has 0 atom stereocenters. The van der Waals surface area contributed by atoms with Gasteiger partial charge in [-0.1, -0.05) is 47.5 Å². The molecule has 20 heteroatoms. The van der Waals surface area contributed by atoms with Gasteiger partial charge in [0.1, 0.15) is 28.1 Å². The molecular weight excluding hydrogens is 1070 g/mol.